The molecule has 2 unspecified atom stereocenters. The molecule has 0 radical (unpaired) electrons. The van der Waals surface area contributed by atoms with Crippen LogP contribution >= 0.6 is 0 Å². The Kier molecular flexibility index (Phi) is 4.52. The summed E-state index contributed by atoms with van der Waals surface area (Å²) in [5, 5.41) is 13.1. The Morgan fingerprint density at radius 1 is 1.56 bits per heavy atom. The van der Waals surface area contributed by atoms with Gasteiger partial charge in [-0.05, 0) is 30.5 Å². The third-order valence-electron chi connectivity index (χ3n) is 3.14. The molecule has 0 aliphatic carbocycles. The average Bonchev–Trinajstić information content (AvgIpc) is 2.85. The Balaban J connectivity index is 1.79. The molecule has 0 saturated carbocycles. The van der Waals surface area contributed by atoms with Gasteiger partial charge in [-0.15, -0.1) is 0 Å². The van der Waals surface area contributed by atoms with Gasteiger partial charge in [-0.25, -0.2) is 4.39 Å². The number of anilines is 1. The molecule has 0 bridgehead atoms. The topological polar surface area (TPSA) is 67.5 Å². The first-order chi connectivity index (χ1) is 8.66. The van der Waals surface area contributed by atoms with E-state index in [1.807, 2.05) is 0 Å². The highest BCUT2D eigenvalue weighted by atomic mass is 19.1. The lowest BCUT2D eigenvalue weighted by Gasteiger charge is -2.15. The summed E-state index contributed by atoms with van der Waals surface area (Å²) in [6.07, 6.45) is 1.72. The van der Waals surface area contributed by atoms with Crippen molar-refractivity contribution < 1.29 is 14.2 Å². The fourth-order valence-corrected chi connectivity index (χ4v) is 2.07. The van der Waals surface area contributed by atoms with Gasteiger partial charge in [0.05, 0.1) is 17.9 Å². The van der Waals surface area contributed by atoms with Crippen molar-refractivity contribution in [3.63, 3.8) is 0 Å². The van der Waals surface area contributed by atoms with Gasteiger partial charge in [0, 0.05) is 19.7 Å². The van der Waals surface area contributed by atoms with Crippen LogP contribution < -0.4 is 11.1 Å². The Morgan fingerprint density at radius 2 is 2.39 bits per heavy atom. The molecular formula is C13H19FN2O2. The van der Waals surface area contributed by atoms with E-state index in [0.717, 1.165) is 26.0 Å². The number of aliphatic hydroxyl groups is 1. The van der Waals surface area contributed by atoms with Crippen LogP contribution in [0.5, 0.6) is 0 Å². The number of hydrogen-bond acceptors (Lipinski definition) is 4. The molecular weight excluding hydrogens is 235 g/mol. The van der Waals surface area contributed by atoms with Crippen molar-refractivity contribution in [1.82, 2.24) is 5.32 Å². The summed E-state index contributed by atoms with van der Waals surface area (Å²) in [5.41, 5.74) is 6.14. The highest BCUT2D eigenvalue weighted by Crippen LogP contribution is 2.18. The van der Waals surface area contributed by atoms with E-state index in [-0.39, 0.29) is 11.8 Å². The number of benzene rings is 1. The van der Waals surface area contributed by atoms with Gasteiger partial charge in [-0.3, -0.25) is 0 Å². The predicted molar refractivity (Wildman–Crippen MR) is 67.6 cm³/mol. The van der Waals surface area contributed by atoms with E-state index in [1.165, 1.54) is 12.1 Å². The van der Waals surface area contributed by atoms with Crippen LogP contribution in [0, 0.1) is 5.82 Å². The number of hydrogen-bond donors (Lipinski definition) is 3. The Labute approximate surface area is 106 Å². The molecule has 1 aromatic carbocycles. The fourth-order valence-electron chi connectivity index (χ4n) is 2.07. The monoisotopic (exact) mass is 254 g/mol. The number of nitrogens with two attached hydrogens (primary N) is 1. The molecule has 0 amide bonds. The number of aliphatic hydroxyl groups excluding tert-OH is 1. The number of nitrogens with one attached hydrogen (secondary N) is 1. The lowest BCUT2D eigenvalue weighted by molar-refractivity contribution is 0.103. The second-order valence-electron chi connectivity index (χ2n) is 4.59. The minimum absolute atomic E-state index is 0.0608. The molecule has 5 heteroatoms. The van der Waals surface area contributed by atoms with E-state index in [2.05, 4.69) is 5.32 Å². The largest absolute Gasteiger partial charge is 0.396 e. The quantitative estimate of drug-likeness (QED) is 0.691. The molecule has 2 rings (SSSR count). The van der Waals surface area contributed by atoms with Gasteiger partial charge in [-0.1, -0.05) is 6.07 Å². The first kappa shape index (κ1) is 13.3. The van der Waals surface area contributed by atoms with Crippen LogP contribution in [0.15, 0.2) is 18.2 Å². The van der Waals surface area contributed by atoms with Gasteiger partial charge < -0.3 is 20.9 Å². The molecule has 18 heavy (non-hydrogen) atoms. The van der Waals surface area contributed by atoms with Crippen LogP contribution in [0.3, 0.4) is 0 Å². The van der Waals surface area contributed by atoms with Crippen molar-refractivity contribution in [2.75, 3.05) is 25.4 Å². The zero-order chi connectivity index (χ0) is 13.0. The third-order valence-corrected chi connectivity index (χ3v) is 3.14. The highest BCUT2D eigenvalue weighted by molar-refractivity contribution is 5.43. The van der Waals surface area contributed by atoms with E-state index in [9.17, 15) is 9.50 Å². The van der Waals surface area contributed by atoms with Crippen LogP contribution in [0.1, 0.15) is 24.5 Å². The second kappa shape index (κ2) is 6.13. The maximum absolute atomic E-state index is 13.0. The Morgan fingerprint density at radius 3 is 3.06 bits per heavy atom. The van der Waals surface area contributed by atoms with E-state index in [4.69, 9.17) is 10.5 Å². The molecule has 1 saturated heterocycles. The lowest BCUT2D eigenvalue weighted by atomic mass is 10.1. The molecule has 4 N–H and O–H groups in total. The molecule has 100 valence electrons. The van der Waals surface area contributed by atoms with E-state index in [1.54, 1.807) is 6.07 Å². The highest BCUT2D eigenvalue weighted by Gasteiger charge is 2.16. The van der Waals surface area contributed by atoms with Crippen LogP contribution in [-0.2, 0) is 4.74 Å². The summed E-state index contributed by atoms with van der Waals surface area (Å²) in [5.74, 6) is -0.460. The Bertz CT molecular complexity index is 395. The van der Waals surface area contributed by atoms with Crippen molar-refractivity contribution >= 4 is 5.69 Å². The maximum atomic E-state index is 13.0. The van der Waals surface area contributed by atoms with Gasteiger partial charge in [-0.2, -0.15) is 0 Å². The Hall–Kier alpha value is -1.17. The van der Waals surface area contributed by atoms with Gasteiger partial charge in [0.15, 0.2) is 0 Å². The maximum Gasteiger partial charge on any atom is 0.146 e. The summed E-state index contributed by atoms with van der Waals surface area (Å²) in [4.78, 5) is 0. The number of ether oxygens (including phenoxy) is 1. The third kappa shape index (κ3) is 3.41. The lowest BCUT2D eigenvalue weighted by Crippen LogP contribution is -2.30. The van der Waals surface area contributed by atoms with Crippen LogP contribution in [0.25, 0.3) is 0 Å². The molecule has 1 aromatic rings. The fraction of sp³-hybridized carbons (Fsp3) is 0.538. The number of nitrogen functional groups attached to an aromatic ring is 1. The van der Waals surface area contributed by atoms with Gasteiger partial charge in [0.1, 0.15) is 5.82 Å². The van der Waals surface area contributed by atoms with Crippen molar-refractivity contribution in [3.05, 3.63) is 29.6 Å². The standard InChI is InChI=1S/C13H19FN2O2/c14-11-4-3-9(6-12(11)15)13(17)8-16-7-10-2-1-5-18-10/h3-4,6,10,13,16-17H,1-2,5,7-8,15H2. The van der Waals surface area contributed by atoms with Crippen molar-refractivity contribution in [2.45, 2.75) is 25.0 Å². The minimum atomic E-state index is -0.686. The molecule has 1 aliphatic heterocycles. The van der Waals surface area contributed by atoms with Gasteiger partial charge in [0.25, 0.3) is 0 Å². The molecule has 1 fully saturated rings. The van der Waals surface area contributed by atoms with Crippen molar-refractivity contribution in [2.24, 2.45) is 0 Å². The minimum Gasteiger partial charge on any atom is -0.396 e. The smallest absolute Gasteiger partial charge is 0.146 e. The van der Waals surface area contributed by atoms with E-state index in [0.29, 0.717) is 12.1 Å². The molecule has 4 nitrogen and oxygen atoms in total. The predicted octanol–water partition coefficient (Wildman–Crippen LogP) is 1.21. The molecule has 0 spiro atoms. The summed E-state index contributed by atoms with van der Waals surface area (Å²) in [6, 6.07) is 4.28. The van der Waals surface area contributed by atoms with Gasteiger partial charge >= 0.3 is 0 Å². The molecule has 0 aromatic heterocycles. The van der Waals surface area contributed by atoms with E-state index < -0.39 is 11.9 Å². The number of rotatable bonds is 5. The normalized spacial score (nSPS) is 21.1. The summed E-state index contributed by atoms with van der Waals surface area (Å²) < 4.78 is 18.4. The second-order valence-corrected chi connectivity index (χ2v) is 4.59. The zero-order valence-electron chi connectivity index (χ0n) is 10.2. The van der Waals surface area contributed by atoms with Crippen molar-refractivity contribution in [3.8, 4) is 0 Å². The first-order valence-electron chi connectivity index (χ1n) is 6.22. The zero-order valence-corrected chi connectivity index (χ0v) is 10.2. The summed E-state index contributed by atoms with van der Waals surface area (Å²) >= 11 is 0. The number of halogens is 1. The summed E-state index contributed by atoms with van der Waals surface area (Å²) in [7, 11) is 0. The van der Waals surface area contributed by atoms with E-state index >= 15 is 0 Å². The van der Waals surface area contributed by atoms with Crippen LogP contribution in [0.4, 0.5) is 10.1 Å². The van der Waals surface area contributed by atoms with Crippen LogP contribution in [0.2, 0.25) is 0 Å². The molecule has 2 atom stereocenters. The first-order valence-corrected chi connectivity index (χ1v) is 6.22. The van der Waals surface area contributed by atoms with Crippen molar-refractivity contribution in [1.29, 1.82) is 0 Å². The average molecular weight is 254 g/mol. The van der Waals surface area contributed by atoms with Crippen LogP contribution in [-0.4, -0.2) is 30.9 Å². The molecule has 1 heterocycles. The molecule has 1 aliphatic rings. The van der Waals surface area contributed by atoms with Gasteiger partial charge in [0.2, 0.25) is 0 Å². The summed E-state index contributed by atoms with van der Waals surface area (Å²) in [6.45, 7) is 1.96. The SMILES string of the molecule is Nc1cc(C(O)CNCC2CCCO2)ccc1F.